The lowest BCUT2D eigenvalue weighted by Gasteiger charge is -2.26. The van der Waals surface area contributed by atoms with Crippen LogP contribution in [0.5, 0.6) is 0 Å². The molecule has 0 radical (unpaired) electrons. The molecular weight excluding hydrogens is 230 g/mol. The van der Waals surface area contributed by atoms with E-state index in [1.54, 1.807) is 11.1 Å². The number of aromatic nitrogens is 1. The Labute approximate surface area is 106 Å². The number of nitrogens with one attached hydrogen (secondary N) is 1. The van der Waals surface area contributed by atoms with Gasteiger partial charge in [-0.2, -0.15) is 0 Å². The van der Waals surface area contributed by atoms with Crippen LogP contribution in [0.15, 0.2) is 18.3 Å². The van der Waals surface area contributed by atoms with E-state index in [-0.39, 0.29) is 24.7 Å². The summed E-state index contributed by atoms with van der Waals surface area (Å²) in [6.45, 7) is 3.83. The van der Waals surface area contributed by atoms with Crippen molar-refractivity contribution in [2.24, 2.45) is 0 Å². The predicted octanol–water partition coefficient (Wildman–Crippen LogP) is -0.0666. The lowest BCUT2D eigenvalue weighted by molar-refractivity contribution is -0.135. The van der Waals surface area contributed by atoms with Crippen LogP contribution >= 0.6 is 0 Å². The highest BCUT2D eigenvalue weighted by molar-refractivity contribution is 5.88. The molecule has 0 bridgehead atoms. The standard InChI is InChI=1S/C13H17N3O2/c1-10-2-3-11(15-7-10)6-12(17)9-16-5-4-14-8-13(16)18/h2-3,7,14H,4-6,8-9H2,1H3. The molecule has 1 aromatic heterocycles. The van der Waals surface area contributed by atoms with Gasteiger partial charge in [0.2, 0.25) is 5.91 Å². The van der Waals surface area contributed by atoms with Crippen LogP contribution in [0.4, 0.5) is 0 Å². The van der Waals surface area contributed by atoms with Crippen LogP contribution in [0, 0.1) is 6.92 Å². The van der Waals surface area contributed by atoms with Crippen LogP contribution in [0.3, 0.4) is 0 Å². The van der Waals surface area contributed by atoms with Crippen molar-refractivity contribution in [3.8, 4) is 0 Å². The monoisotopic (exact) mass is 247 g/mol. The number of piperazine rings is 1. The van der Waals surface area contributed by atoms with Crippen LogP contribution in [0.2, 0.25) is 0 Å². The number of ketones is 1. The number of rotatable bonds is 4. The van der Waals surface area contributed by atoms with E-state index in [4.69, 9.17) is 0 Å². The number of hydrogen-bond donors (Lipinski definition) is 1. The Kier molecular flexibility index (Phi) is 4.04. The number of carbonyl (C=O) groups is 2. The Bertz CT molecular complexity index is 442. The molecular formula is C13H17N3O2. The highest BCUT2D eigenvalue weighted by Crippen LogP contribution is 2.02. The first kappa shape index (κ1) is 12.7. The van der Waals surface area contributed by atoms with E-state index in [1.807, 2.05) is 19.1 Å². The summed E-state index contributed by atoms with van der Waals surface area (Å²) in [4.78, 5) is 29.2. The second-order valence-electron chi connectivity index (χ2n) is 4.53. The summed E-state index contributed by atoms with van der Waals surface area (Å²) in [5, 5.41) is 2.98. The summed E-state index contributed by atoms with van der Waals surface area (Å²) in [7, 11) is 0. The molecule has 0 saturated carbocycles. The third-order valence-electron chi connectivity index (χ3n) is 2.91. The van der Waals surface area contributed by atoms with E-state index in [0.29, 0.717) is 13.1 Å². The van der Waals surface area contributed by atoms with Crippen LogP contribution in [0.25, 0.3) is 0 Å². The summed E-state index contributed by atoms with van der Waals surface area (Å²) in [5.74, 6) is 0.0214. The van der Waals surface area contributed by atoms with Gasteiger partial charge in [0.25, 0.3) is 0 Å². The van der Waals surface area contributed by atoms with Crippen molar-refractivity contribution in [3.05, 3.63) is 29.6 Å². The molecule has 2 rings (SSSR count). The summed E-state index contributed by atoms with van der Waals surface area (Å²) < 4.78 is 0. The van der Waals surface area contributed by atoms with Crippen molar-refractivity contribution in [3.63, 3.8) is 0 Å². The van der Waals surface area contributed by atoms with Crippen molar-refractivity contribution >= 4 is 11.7 Å². The molecule has 0 aromatic carbocycles. The molecule has 0 aliphatic carbocycles. The Morgan fingerprint density at radius 2 is 2.33 bits per heavy atom. The number of pyridine rings is 1. The molecule has 1 N–H and O–H groups in total. The molecule has 1 amide bonds. The highest BCUT2D eigenvalue weighted by atomic mass is 16.2. The summed E-state index contributed by atoms with van der Waals surface area (Å²) >= 11 is 0. The molecule has 1 aliphatic rings. The number of carbonyl (C=O) groups excluding carboxylic acids is 2. The van der Waals surface area contributed by atoms with E-state index in [9.17, 15) is 9.59 Å². The lowest BCUT2D eigenvalue weighted by atomic mass is 10.1. The van der Waals surface area contributed by atoms with E-state index >= 15 is 0 Å². The quantitative estimate of drug-likeness (QED) is 0.809. The lowest BCUT2D eigenvalue weighted by Crippen LogP contribution is -2.49. The molecule has 5 heteroatoms. The minimum absolute atomic E-state index is 0.00790. The van der Waals surface area contributed by atoms with Gasteiger partial charge in [-0.15, -0.1) is 0 Å². The maximum absolute atomic E-state index is 11.9. The Hall–Kier alpha value is -1.75. The van der Waals surface area contributed by atoms with Crippen LogP contribution in [-0.4, -0.2) is 47.8 Å². The molecule has 5 nitrogen and oxygen atoms in total. The third-order valence-corrected chi connectivity index (χ3v) is 2.91. The molecule has 96 valence electrons. The first-order chi connectivity index (χ1) is 8.65. The SMILES string of the molecule is Cc1ccc(CC(=O)CN2CCNCC2=O)nc1. The van der Waals surface area contributed by atoms with Crippen LogP contribution < -0.4 is 5.32 Å². The van der Waals surface area contributed by atoms with E-state index in [0.717, 1.165) is 17.8 Å². The van der Waals surface area contributed by atoms with E-state index < -0.39 is 0 Å². The van der Waals surface area contributed by atoms with Crippen molar-refractivity contribution in [2.75, 3.05) is 26.2 Å². The first-order valence-corrected chi connectivity index (χ1v) is 6.07. The molecule has 0 spiro atoms. The predicted molar refractivity (Wildman–Crippen MR) is 67.1 cm³/mol. The van der Waals surface area contributed by atoms with Gasteiger partial charge in [0.05, 0.1) is 19.5 Å². The fourth-order valence-electron chi connectivity index (χ4n) is 1.89. The minimum atomic E-state index is -0.00790. The average Bonchev–Trinajstić information content (AvgIpc) is 2.35. The highest BCUT2D eigenvalue weighted by Gasteiger charge is 2.20. The van der Waals surface area contributed by atoms with Gasteiger partial charge in [-0.25, -0.2) is 0 Å². The topological polar surface area (TPSA) is 62.3 Å². The van der Waals surface area contributed by atoms with Crippen molar-refractivity contribution in [1.82, 2.24) is 15.2 Å². The first-order valence-electron chi connectivity index (χ1n) is 6.07. The summed E-state index contributed by atoms with van der Waals surface area (Å²) in [6.07, 6.45) is 2.04. The van der Waals surface area contributed by atoms with Crippen molar-refractivity contribution < 1.29 is 9.59 Å². The zero-order valence-corrected chi connectivity index (χ0v) is 10.5. The summed E-state index contributed by atoms with van der Waals surface area (Å²) in [5.41, 5.74) is 1.83. The van der Waals surface area contributed by atoms with Crippen LogP contribution in [0.1, 0.15) is 11.3 Å². The van der Waals surface area contributed by atoms with E-state index in [2.05, 4.69) is 10.3 Å². The van der Waals surface area contributed by atoms with Gasteiger partial charge in [-0.05, 0) is 18.6 Å². The molecule has 0 unspecified atom stereocenters. The normalized spacial score (nSPS) is 15.8. The van der Waals surface area contributed by atoms with Gasteiger partial charge in [-0.3, -0.25) is 14.6 Å². The molecule has 1 saturated heterocycles. The Morgan fingerprint density at radius 3 is 3.00 bits per heavy atom. The fourth-order valence-corrected chi connectivity index (χ4v) is 1.89. The maximum Gasteiger partial charge on any atom is 0.236 e. The molecule has 1 aromatic rings. The number of amides is 1. The minimum Gasteiger partial charge on any atom is -0.333 e. The third kappa shape index (κ3) is 3.37. The van der Waals surface area contributed by atoms with Crippen molar-refractivity contribution in [1.29, 1.82) is 0 Å². The Morgan fingerprint density at radius 1 is 1.50 bits per heavy atom. The smallest absolute Gasteiger partial charge is 0.236 e. The zero-order chi connectivity index (χ0) is 13.0. The summed E-state index contributed by atoms with van der Waals surface area (Å²) in [6, 6.07) is 3.79. The average molecular weight is 247 g/mol. The molecule has 1 aliphatic heterocycles. The van der Waals surface area contributed by atoms with Crippen molar-refractivity contribution in [2.45, 2.75) is 13.3 Å². The number of hydrogen-bond acceptors (Lipinski definition) is 4. The van der Waals surface area contributed by atoms with Gasteiger partial charge in [-0.1, -0.05) is 6.07 Å². The van der Waals surface area contributed by atoms with Crippen LogP contribution in [-0.2, 0) is 16.0 Å². The molecule has 18 heavy (non-hydrogen) atoms. The van der Waals surface area contributed by atoms with Gasteiger partial charge >= 0.3 is 0 Å². The molecule has 1 fully saturated rings. The van der Waals surface area contributed by atoms with Gasteiger partial charge in [0, 0.05) is 25.0 Å². The molecule has 2 heterocycles. The largest absolute Gasteiger partial charge is 0.333 e. The zero-order valence-electron chi connectivity index (χ0n) is 10.5. The number of Topliss-reactive ketones (excluding diaryl/α,β-unsaturated/α-hetero) is 1. The van der Waals surface area contributed by atoms with Gasteiger partial charge < -0.3 is 10.2 Å². The van der Waals surface area contributed by atoms with Gasteiger partial charge in [0.15, 0.2) is 5.78 Å². The second-order valence-corrected chi connectivity index (χ2v) is 4.53. The van der Waals surface area contributed by atoms with E-state index in [1.165, 1.54) is 0 Å². The maximum atomic E-state index is 11.9. The number of aryl methyl sites for hydroxylation is 1. The Balaban J connectivity index is 1.88. The van der Waals surface area contributed by atoms with Gasteiger partial charge in [0.1, 0.15) is 0 Å². The second kappa shape index (κ2) is 5.73. The number of nitrogens with zero attached hydrogens (tertiary/aromatic N) is 2. The molecule has 0 atom stereocenters. The fraction of sp³-hybridized carbons (Fsp3) is 0.462.